The third kappa shape index (κ3) is 4.49. The largest absolute Gasteiger partial charge is 0.457 e. The number of hydrogen-bond acceptors (Lipinski definition) is 5. The number of fused-ring (bicyclic) bond motifs is 6. The van der Waals surface area contributed by atoms with Crippen molar-refractivity contribution in [2.75, 3.05) is 6.79 Å². The van der Waals surface area contributed by atoms with E-state index < -0.39 is 0 Å². The Morgan fingerprint density at radius 2 is 1.13 bits per heavy atom. The molecule has 9 rings (SSSR count). The highest BCUT2D eigenvalue weighted by atomic mass is 16.7. The molecule has 0 radical (unpaired) electrons. The minimum absolute atomic E-state index is 0.128. The molecule has 0 fully saturated rings. The summed E-state index contributed by atoms with van der Waals surface area (Å²) in [5, 5.41) is 2.20. The quantitative estimate of drug-likeness (QED) is 0.203. The van der Waals surface area contributed by atoms with Crippen LogP contribution in [0, 0.1) is 0 Å². The SMILES string of the molecule is c1cncc(-c2cc(-c3cccnc3)cc(-c3ccc4c(c3)-c3ccc(-c5cccc6oc7ccccc7c56)cc3OCO4)c2)c1. The van der Waals surface area contributed by atoms with E-state index in [1.54, 1.807) is 12.4 Å². The summed E-state index contributed by atoms with van der Waals surface area (Å²) in [4.78, 5) is 8.74. The van der Waals surface area contributed by atoms with Crippen LogP contribution in [0.15, 0.2) is 151 Å². The first-order valence-corrected chi connectivity index (χ1v) is 15.2. The summed E-state index contributed by atoms with van der Waals surface area (Å²) >= 11 is 0. The van der Waals surface area contributed by atoms with Gasteiger partial charge in [-0.15, -0.1) is 0 Å². The molecule has 0 spiro atoms. The first kappa shape index (κ1) is 26.2. The number of aromatic nitrogens is 2. The van der Waals surface area contributed by atoms with Gasteiger partial charge in [0.05, 0.1) is 0 Å². The predicted molar refractivity (Wildman–Crippen MR) is 183 cm³/mol. The van der Waals surface area contributed by atoms with Gasteiger partial charge in [-0.05, 0) is 100 Å². The molecule has 46 heavy (non-hydrogen) atoms. The van der Waals surface area contributed by atoms with Gasteiger partial charge >= 0.3 is 0 Å². The molecule has 0 saturated carbocycles. The van der Waals surface area contributed by atoms with E-state index in [0.29, 0.717) is 0 Å². The topological polar surface area (TPSA) is 57.4 Å². The lowest BCUT2D eigenvalue weighted by atomic mass is 9.91. The molecular weight excluding hydrogens is 568 g/mol. The van der Waals surface area contributed by atoms with Crippen LogP contribution in [-0.4, -0.2) is 16.8 Å². The highest BCUT2D eigenvalue weighted by molar-refractivity contribution is 6.12. The summed E-state index contributed by atoms with van der Waals surface area (Å²) in [6.45, 7) is 0.128. The summed E-state index contributed by atoms with van der Waals surface area (Å²) in [6, 6.07) is 41.8. The summed E-state index contributed by atoms with van der Waals surface area (Å²) in [5.74, 6) is 1.56. The van der Waals surface area contributed by atoms with Crippen LogP contribution in [0.5, 0.6) is 11.5 Å². The number of ether oxygens (including phenoxy) is 2. The van der Waals surface area contributed by atoms with Crippen molar-refractivity contribution in [3.8, 4) is 67.1 Å². The lowest BCUT2D eigenvalue weighted by molar-refractivity contribution is 0.125. The van der Waals surface area contributed by atoms with Crippen molar-refractivity contribution in [1.29, 1.82) is 0 Å². The molecule has 1 aliphatic heterocycles. The smallest absolute Gasteiger partial charge is 0.230 e. The van der Waals surface area contributed by atoms with Gasteiger partial charge in [-0.2, -0.15) is 0 Å². The van der Waals surface area contributed by atoms with Crippen LogP contribution >= 0.6 is 0 Å². The summed E-state index contributed by atoms with van der Waals surface area (Å²) in [7, 11) is 0. The Kier molecular flexibility index (Phi) is 6.13. The Balaban J connectivity index is 1.17. The van der Waals surface area contributed by atoms with E-state index in [4.69, 9.17) is 13.9 Å². The molecule has 0 amide bonds. The van der Waals surface area contributed by atoms with E-state index in [1.807, 2.05) is 60.9 Å². The molecule has 0 bridgehead atoms. The van der Waals surface area contributed by atoms with Crippen LogP contribution in [-0.2, 0) is 0 Å². The number of hydrogen-bond donors (Lipinski definition) is 0. The van der Waals surface area contributed by atoms with E-state index in [1.165, 1.54) is 0 Å². The molecule has 0 unspecified atom stereocenters. The van der Waals surface area contributed by atoms with Crippen LogP contribution in [0.25, 0.3) is 77.6 Å². The molecule has 0 aliphatic carbocycles. The van der Waals surface area contributed by atoms with Crippen LogP contribution in [0.2, 0.25) is 0 Å². The van der Waals surface area contributed by atoms with Crippen LogP contribution < -0.4 is 9.47 Å². The molecule has 3 aromatic heterocycles. The summed E-state index contributed by atoms with van der Waals surface area (Å²) in [6.07, 6.45) is 7.39. The number of furan rings is 1. The first-order valence-electron chi connectivity index (χ1n) is 15.2. The van der Waals surface area contributed by atoms with Crippen molar-refractivity contribution in [3.05, 3.63) is 146 Å². The maximum Gasteiger partial charge on any atom is 0.230 e. The third-order valence-corrected chi connectivity index (χ3v) is 8.65. The molecule has 4 heterocycles. The van der Waals surface area contributed by atoms with Gasteiger partial charge in [-0.25, -0.2) is 0 Å². The fourth-order valence-electron chi connectivity index (χ4n) is 6.44. The number of nitrogens with zero attached hydrogens (tertiary/aromatic N) is 2. The van der Waals surface area contributed by atoms with Crippen LogP contribution in [0.4, 0.5) is 0 Å². The van der Waals surface area contributed by atoms with E-state index in [0.717, 1.165) is 89.1 Å². The maximum atomic E-state index is 6.21. The summed E-state index contributed by atoms with van der Waals surface area (Å²) in [5.41, 5.74) is 12.3. The maximum absolute atomic E-state index is 6.21. The normalized spacial score (nSPS) is 12.2. The van der Waals surface area contributed by atoms with Gasteiger partial charge in [0.15, 0.2) is 0 Å². The fourth-order valence-corrected chi connectivity index (χ4v) is 6.44. The highest BCUT2D eigenvalue weighted by Gasteiger charge is 2.20. The second-order valence-electron chi connectivity index (χ2n) is 11.4. The van der Waals surface area contributed by atoms with Gasteiger partial charge in [0.1, 0.15) is 22.7 Å². The third-order valence-electron chi connectivity index (χ3n) is 8.65. The Morgan fingerprint density at radius 3 is 1.89 bits per heavy atom. The number of benzene rings is 5. The Labute approximate surface area is 265 Å². The molecule has 5 aromatic carbocycles. The van der Waals surface area contributed by atoms with Gasteiger partial charge in [0, 0.05) is 57.8 Å². The Morgan fingerprint density at radius 1 is 0.435 bits per heavy atom. The molecular formula is C41H26N2O3. The van der Waals surface area contributed by atoms with Crippen molar-refractivity contribution in [1.82, 2.24) is 9.97 Å². The minimum atomic E-state index is 0.128. The van der Waals surface area contributed by atoms with E-state index in [2.05, 4.69) is 82.8 Å². The Bertz CT molecular complexity index is 2340. The lowest BCUT2D eigenvalue weighted by Gasteiger charge is -2.14. The van der Waals surface area contributed by atoms with Gasteiger partial charge in [-0.1, -0.05) is 54.6 Å². The van der Waals surface area contributed by atoms with Gasteiger partial charge < -0.3 is 13.9 Å². The van der Waals surface area contributed by atoms with Crippen molar-refractivity contribution < 1.29 is 13.9 Å². The minimum Gasteiger partial charge on any atom is -0.457 e. The van der Waals surface area contributed by atoms with E-state index in [-0.39, 0.29) is 6.79 Å². The molecule has 5 heteroatoms. The average molecular weight is 595 g/mol. The summed E-state index contributed by atoms with van der Waals surface area (Å²) < 4.78 is 18.5. The molecule has 0 saturated heterocycles. The van der Waals surface area contributed by atoms with Crippen molar-refractivity contribution in [2.24, 2.45) is 0 Å². The zero-order valence-corrected chi connectivity index (χ0v) is 24.7. The number of pyridine rings is 2. The van der Waals surface area contributed by atoms with Gasteiger partial charge in [-0.3, -0.25) is 9.97 Å². The number of rotatable bonds is 4. The lowest BCUT2D eigenvalue weighted by Crippen LogP contribution is -2.03. The van der Waals surface area contributed by atoms with E-state index >= 15 is 0 Å². The second-order valence-corrected chi connectivity index (χ2v) is 11.4. The standard InChI is InChI=1S/C41H26N2O3/c1-2-10-38-35(8-1)41-33(9-3-11-39(41)46-38)27-12-14-34-36-21-26(13-15-37(36)44-25-45-40(34)22-27)30-18-31(28-6-4-16-42-23-28)20-32(19-30)29-7-5-17-43-24-29/h1-24H,25H2. The van der Waals surface area contributed by atoms with Crippen molar-refractivity contribution in [2.45, 2.75) is 0 Å². The monoisotopic (exact) mass is 594 g/mol. The zero-order valence-electron chi connectivity index (χ0n) is 24.7. The molecule has 0 N–H and O–H groups in total. The molecule has 1 aliphatic rings. The van der Waals surface area contributed by atoms with Crippen molar-refractivity contribution >= 4 is 21.9 Å². The van der Waals surface area contributed by atoms with Crippen LogP contribution in [0.1, 0.15) is 0 Å². The average Bonchev–Trinajstić information content (AvgIpc) is 3.41. The number of para-hydroxylation sites is 1. The molecule has 5 nitrogen and oxygen atoms in total. The van der Waals surface area contributed by atoms with Crippen LogP contribution in [0.3, 0.4) is 0 Å². The predicted octanol–water partition coefficient (Wildman–Crippen LogP) is 10.4. The molecule has 8 aromatic rings. The van der Waals surface area contributed by atoms with Gasteiger partial charge in [0.25, 0.3) is 0 Å². The Hall–Kier alpha value is -6.20. The highest BCUT2D eigenvalue weighted by Crippen LogP contribution is 2.45. The van der Waals surface area contributed by atoms with Gasteiger partial charge in [0.2, 0.25) is 6.79 Å². The fraction of sp³-hybridized carbons (Fsp3) is 0.0244. The molecule has 218 valence electrons. The first-order chi connectivity index (χ1) is 22.8. The van der Waals surface area contributed by atoms with E-state index in [9.17, 15) is 0 Å². The second kappa shape index (κ2) is 10.8. The van der Waals surface area contributed by atoms with Crippen molar-refractivity contribution in [3.63, 3.8) is 0 Å². The zero-order chi connectivity index (χ0) is 30.5. The molecule has 0 atom stereocenters.